The average molecular weight is 806 g/mol. The lowest BCUT2D eigenvalue weighted by Gasteiger charge is -2.50. The summed E-state index contributed by atoms with van der Waals surface area (Å²) >= 11 is 4.39. The molecule has 1 aliphatic heterocycles. The van der Waals surface area contributed by atoms with Crippen LogP contribution in [0.4, 0.5) is 5.95 Å². The standard InChI is InChI=1S/C43H48N7O5PS/c1-30(2)40(51)46-42-45-39-38(41(47-42)53-27-32-23-21-31(3)22-24-32)44-29-50(39)37-26-49(25-36(55-37)28-54-56(52,57)48(4)5)43(33-15-9-6-10-16-33,34-17-11-7-12-18-34)35-19-13-8-14-20-35/h6-24,29-30,36-37H,25-28H2,1-5H3,(H,52,57)(H,45,46,47,51)/t36-,37+,56-/m0/s1. The number of hydrogen-bond acceptors (Lipinski definition) is 9. The van der Waals surface area contributed by atoms with E-state index in [0.29, 0.717) is 24.3 Å². The van der Waals surface area contributed by atoms with Crippen LogP contribution in [-0.4, -0.2) is 74.9 Å². The second-order valence-corrected chi connectivity index (χ2v) is 18.2. The molecule has 0 bridgehead atoms. The molecule has 0 spiro atoms. The molecular formula is C43H48N7O5PS. The van der Waals surface area contributed by atoms with Crippen LogP contribution < -0.4 is 10.1 Å². The number of carbonyl (C=O) groups excluding carboxylic acids is 1. The lowest BCUT2D eigenvalue weighted by atomic mass is 9.75. The SMILES string of the molecule is Cc1ccc(COc2nc(NC(=O)C(C)C)nc3c2ncn3[C@H]2CN(C(c3ccccc3)(c3ccccc3)c3ccccc3)C[C@@H](CO[P@](=O)(S)N(C)C)O2)cc1. The van der Waals surface area contributed by atoms with E-state index in [-0.39, 0.29) is 36.9 Å². The van der Waals surface area contributed by atoms with Gasteiger partial charge in [0.2, 0.25) is 17.7 Å². The predicted molar refractivity (Wildman–Crippen MR) is 225 cm³/mol. The third-order valence-corrected chi connectivity index (χ3v) is 13.0. The predicted octanol–water partition coefficient (Wildman–Crippen LogP) is 8.12. The topological polar surface area (TPSA) is 124 Å². The molecule has 6 aromatic rings. The maximum absolute atomic E-state index is 13.4. The number of aromatic nitrogens is 4. The van der Waals surface area contributed by atoms with Crippen molar-refractivity contribution < 1.29 is 23.4 Å². The van der Waals surface area contributed by atoms with Crippen LogP contribution >= 0.6 is 19.0 Å². The van der Waals surface area contributed by atoms with Gasteiger partial charge in [0, 0.05) is 19.0 Å². The van der Waals surface area contributed by atoms with Crippen molar-refractivity contribution in [2.24, 2.45) is 5.92 Å². The Hall–Kier alpha value is -4.88. The van der Waals surface area contributed by atoms with Crippen LogP contribution in [0.2, 0.25) is 0 Å². The number of nitrogens with one attached hydrogen (secondary N) is 1. The number of thiol groups is 1. The summed E-state index contributed by atoms with van der Waals surface area (Å²) in [6.07, 6.45) is 0.382. The van der Waals surface area contributed by atoms with E-state index in [4.69, 9.17) is 24.0 Å². The molecule has 4 aromatic carbocycles. The van der Waals surface area contributed by atoms with Gasteiger partial charge in [-0.2, -0.15) is 9.97 Å². The number of hydrogen-bond donors (Lipinski definition) is 2. The van der Waals surface area contributed by atoms with E-state index >= 15 is 0 Å². The van der Waals surface area contributed by atoms with Crippen LogP contribution in [0.5, 0.6) is 5.88 Å². The van der Waals surface area contributed by atoms with E-state index in [1.807, 2.05) is 90.4 Å². The second kappa shape index (κ2) is 17.3. The van der Waals surface area contributed by atoms with Crippen molar-refractivity contribution in [2.75, 3.05) is 39.1 Å². The Morgan fingerprint density at radius 2 is 1.49 bits per heavy atom. The van der Waals surface area contributed by atoms with Gasteiger partial charge in [0.25, 0.3) is 0 Å². The van der Waals surface area contributed by atoms with E-state index in [0.717, 1.165) is 27.8 Å². The lowest BCUT2D eigenvalue weighted by molar-refractivity contribution is -0.145. The van der Waals surface area contributed by atoms with Gasteiger partial charge in [0.05, 0.1) is 24.6 Å². The number of fused-ring (bicyclic) bond motifs is 1. The first kappa shape index (κ1) is 40.3. The first-order valence-corrected chi connectivity index (χ1v) is 21.6. The van der Waals surface area contributed by atoms with Gasteiger partial charge < -0.3 is 14.0 Å². The molecule has 1 amide bonds. The zero-order chi connectivity index (χ0) is 40.2. The number of benzene rings is 4. The zero-order valence-electron chi connectivity index (χ0n) is 32.7. The van der Waals surface area contributed by atoms with Gasteiger partial charge in [0.15, 0.2) is 11.2 Å². The highest BCUT2D eigenvalue weighted by molar-refractivity contribution is 8.45. The first-order valence-electron chi connectivity index (χ1n) is 18.9. The lowest BCUT2D eigenvalue weighted by Crippen LogP contribution is -2.57. The van der Waals surface area contributed by atoms with Crippen molar-refractivity contribution in [3.05, 3.63) is 149 Å². The van der Waals surface area contributed by atoms with Crippen molar-refractivity contribution in [1.29, 1.82) is 0 Å². The van der Waals surface area contributed by atoms with E-state index in [1.165, 1.54) is 4.67 Å². The van der Waals surface area contributed by atoms with E-state index in [9.17, 15) is 9.36 Å². The summed E-state index contributed by atoms with van der Waals surface area (Å²) in [6, 6.07) is 39.2. The molecule has 1 saturated heterocycles. The minimum atomic E-state index is -3.42. The number of carbonyl (C=O) groups is 1. The largest absolute Gasteiger partial charge is 0.471 e. The monoisotopic (exact) mass is 805 g/mol. The zero-order valence-corrected chi connectivity index (χ0v) is 34.5. The van der Waals surface area contributed by atoms with Crippen molar-refractivity contribution in [1.82, 2.24) is 29.1 Å². The van der Waals surface area contributed by atoms with Gasteiger partial charge in [0.1, 0.15) is 12.8 Å². The van der Waals surface area contributed by atoms with Crippen LogP contribution in [0, 0.1) is 12.8 Å². The molecule has 296 valence electrons. The van der Waals surface area contributed by atoms with E-state index < -0.39 is 24.6 Å². The minimum Gasteiger partial charge on any atom is -0.471 e. The van der Waals surface area contributed by atoms with Gasteiger partial charge in [-0.15, -0.1) is 0 Å². The molecule has 14 heteroatoms. The minimum absolute atomic E-state index is 0.0113. The molecule has 1 fully saturated rings. The molecule has 0 saturated carbocycles. The number of rotatable bonds is 14. The molecule has 3 heterocycles. The Kier molecular flexibility index (Phi) is 12.2. The maximum atomic E-state index is 13.4. The molecule has 12 nitrogen and oxygen atoms in total. The van der Waals surface area contributed by atoms with Crippen LogP contribution in [0.15, 0.2) is 122 Å². The van der Waals surface area contributed by atoms with Gasteiger partial charge >= 0.3 is 6.72 Å². The van der Waals surface area contributed by atoms with Gasteiger partial charge in [-0.1, -0.05) is 147 Å². The molecule has 7 rings (SSSR count). The van der Waals surface area contributed by atoms with Gasteiger partial charge in [-0.25, -0.2) is 9.65 Å². The van der Waals surface area contributed by atoms with Crippen molar-refractivity contribution in [3.8, 4) is 5.88 Å². The summed E-state index contributed by atoms with van der Waals surface area (Å²) in [4.78, 5) is 29.6. The van der Waals surface area contributed by atoms with Gasteiger partial charge in [-0.3, -0.25) is 24.1 Å². The van der Waals surface area contributed by atoms with E-state index in [1.54, 1.807) is 34.3 Å². The summed E-state index contributed by atoms with van der Waals surface area (Å²) in [5.41, 5.74) is 5.27. The quantitative estimate of drug-likeness (QED) is 0.0634. The molecule has 1 N–H and O–H groups in total. The van der Waals surface area contributed by atoms with Crippen LogP contribution in [0.1, 0.15) is 47.9 Å². The molecule has 1 aliphatic rings. The summed E-state index contributed by atoms with van der Waals surface area (Å²) in [5, 5.41) is 2.86. The average Bonchev–Trinajstić information content (AvgIpc) is 3.65. The van der Waals surface area contributed by atoms with Crippen molar-refractivity contribution in [2.45, 2.75) is 45.2 Å². The fraction of sp³-hybridized carbons (Fsp3) is 0.302. The Labute approximate surface area is 338 Å². The number of anilines is 1. The number of morpholine rings is 1. The molecule has 57 heavy (non-hydrogen) atoms. The Bertz CT molecular complexity index is 2230. The fourth-order valence-corrected chi connectivity index (χ4v) is 7.86. The molecule has 0 aliphatic carbocycles. The first-order chi connectivity index (χ1) is 27.5. The highest BCUT2D eigenvalue weighted by Gasteiger charge is 2.47. The van der Waals surface area contributed by atoms with Crippen LogP contribution in [-0.2, 0) is 30.8 Å². The smallest absolute Gasteiger partial charge is 0.325 e. The Morgan fingerprint density at radius 1 is 0.912 bits per heavy atom. The second-order valence-electron chi connectivity index (χ2n) is 14.7. The Balaban J connectivity index is 1.37. The van der Waals surface area contributed by atoms with Crippen molar-refractivity contribution in [3.63, 3.8) is 0 Å². The molecular weight excluding hydrogens is 758 g/mol. The number of amides is 1. The summed E-state index contributed by atoms with van der Waals surface area (Å²) < 4.78 is 35.9. The number of ether oxygens (including phenoxy) is 2. The number of aryl methyl sites for hydroxylation is 1. The summed E-state index contributed by atoms with van der Waals surface area (Å²) in [6.45, 7) is 3.20. The molecule has 0 radical (unpaired) electrons. The third-order valence-electron chi connectivity index (χ3n) is 10.1. The van der Waals surface area contributed by atoms with Crippen LogP contribution in [0.3, 0.4) is 0 Å². The molecule has 2 aromatic heterocycles. The highest BCUT2D eigenvalue weighted by atomic mass is 32.7. The summed E-state index contributed by atoms with van der Waals surface area (Å²) in [7, 11) is 3.34. The molecule has 0 unspecified atom stereocenters. The third kappa shape index (κ3) is 8.69. The number of nitrogens with zero attached hydrogens (tertiary/aromatic N) is 6. The van der Waals surface area contributed by atoms with Crippen LogP contribution in [0.25, 0.3) is 11.2 Å². The Morgan fingerprint density at radius 3 is 2.04 bits per heavy atom. The highest BCUT2D eigenvalue weighted by Crippen LogP contribution is 2.54. The fourth-order valence-electron chi connectivity index (χ4n) is 7.07. The summed E-state index contributed by atoms with van der Waals surface area (Å²) in [5.74, 6) is -0.240. The van der Waals surface area contributed by atoms with Crippen molar-refractivity contribution >= 4 is 42.0 Å². The maximum Gasteiger partial charge on any atom is 0.325 e. The molecule has 3 atom stereocenters. The van der Waals surface area contributed by atoms with Gasteiger partial charge in [-0.05, 0) is 43.3 Å². The number of imidazole rings is 1. The van der Waals surface area contributed by atoms with E-state index in [2.05, 4.69) is 63.8 Å². The normalized spacial score (nSPS) is 17.5.